The third-order valence-corrected chi connectivity index (χ3v) is 2.89. The summed E-state index contributed by atoms with van der Waals surface area (Å²) in [5, 5.41) is 9.40. The molecule has 1 heteroatoms. The first-order valence-electron chi connectivity index (χ1n) is 5.95. The van der Waals surface area contributed by atoms with Gasteiger partial charge in [0.25, 0.3) is 0 Å². The Hall–Kier alpha value is -1.24. The molecule has 0 radical (unpaired) electrons. The van der Waals surface area contributed by atoms with Crippen molar-refractivity contribution >= 4 is 0 Å². The van der Waals surface area contributed by atoms with E-state index in [1.807, 2.05) is 19.1 Å². The molecule has 0 unspecified atom stereocenters. The molecule has 0 aliphatic heterocycles. The third-order valence-electron chi connectivity index (χ3n) is 2.89. The summed E-state index contributed by atoms with van der Waals surface area (Å²) in [6.45, 7) is 8.64. The van der Waals surface area contributed by atoms with E-state index in [0.717, 1.165) is 12.0 Å². The summed E-state index contributed by atoms with van der Waals surface area (Å²) in [5.41, 5.74) is 2.45. The average molecular weight is 218 g/mol. The Kier molecular flexibility index (Phi) is 4.17. The van der Waals surface area contributed by atoms with Gasteiger partial charge in [-0.15, -0.1) is 0 Å². The molecule has 0 bridgehead atoms. The zero-order chi connectivity index (χ0) is 12.2. The summed E-state index contributed by atoms with van der Waals surface area (Å²) in [5.74, 6) is 0.342. The molecule has 0 fully saturated rings. The van der Waals surface area contributed by atoms with E-state index in [-0.39, 0.29) is 5.41 Å². The van der Waals surface area contributed by atoms with Gasteiger partial charge in [0.1, 0.15) is 5.75 Å². The van der Waals surface area contributed by atoms with Gasteiger partial charge in [-0.1, -0.05) is 45.4 Å². The van der Waals surface area contributed by atoms with Crippen molar-refractivity contribution in [2.45, 2.75) is 46.0 Å². The Balaban J connectivity index is 2.97. The molecule has 0 saturated heterocycles. The largest absolute Gasteiger partial charge is 0.508 e. The highest BCUT2D eigenvalue weighted by Crippen LogP contribution is 2.29. The van der Waals surface area contributed by atoms with Crippen LogP contribution in [0.2, 0.25) is 0 Å². The summed E-state index contributed by atoms with van der Waals surface area (Å²) in [6.07, 6.45) is 6.81. The molecule has 1 aromatic rings. The second-order valence-corrected chi connectivity index (χ2v) is 4.91. The van der Waals surface area contributed by atoms with Gasteiger partial charge in [-0.25, -0.2) is 0 Å². The molecule has 0 spiro atoms. The van der Waals surface area contributed by atoms with E-state index in [0.29, 0.717) is 5.75 Å². The highest BCUT2D eigenvalue weighted by Gasteiger charge is 2.18. The molecule has 1 aromatic carbocycles. The fourth-order valence-corrected chi connectivity index (χ4v) is 2.01. The minimum atomic E-state index is 0.0347. The number of hydrogen-bond donors (Lipinski definition) is 1. The lowest BCUT2D eigenvalue weighted by Gasteiger charge is -2.23. The summed E-state index contributed by atoms with van der Waals surface area (Å²) in [7, 11) is 0. The van der Waals surface area contributed by atoms with Crippen molar-refractivity contribution in [2.24, 2.45) is 0 Å². The van der Waals surface area contributed by atoms with E-state index in [4.69, 9.17) is 0 Å². The van der Waals surface area contributed by atoms with Crippen molar-refractivity contribution in [3.05, 3.63) is 41.5 Å². The van der Waals surface area contributed by atoms with Gasteiger partial charge < -0.3 is 5.11 Å². The molecule has 16 heavy (non-hydrogen) atoms. The van der Waals surface area contributed by atoms with Crippen molar-refractivity contribution in [2.75, 3.05) is 0 Å². The Morgan fingerprint density at radius 1 is 1.31 bits per heavy atom. The predicted octanol–water partition coefficient (Wildman–Crippen LogP) is 4.33. The first kappa shape index (κ1) is 12.8. The van der Waals surface area contributed by atoms with Crippen LogP contribution in [0.3, 0.4) is 0 Å². The first-order chi connectivity index (χ1) is 7.47. The van der Waals surface area contributed by atoms with Gasteiger partial charge in [-0.05, 0) is 36.6 Å². The standard InChI is InChI=1S/C15H22O/c1-5-6-7-10-15(3,4)14-9-8-13(16)11-12(14)2/h7-11,16H,5-6H2,1-4H3. The fraction of sp³-hybridized carbons (Fsp3) is 0.467. The molecule has 0 amide bonds. The Morgan fingerprint density at radius 3 is 2.56 bits per heavy atom. The maximum Gasteiger partial charge on any atom is 0.115 e. The Labute approximate surface area is 98.8 Å². The number of unbranched alkanes of at least 4 members (excludes halogenated alkanes) is 1. The van der Waals surface area contributed by atoms with Crippen molar-refractivity contribution in [1.82, 2.24) is 0 Å². The second-order valence-electron chi connectivity index (χ2n) is 4.91. The lowest BCUT2D eigenvalue weighted by molar-refractivity contribution is 0.474. The maximum atomic E-state index is 9.40. The Bertz CT molecular complexity index is 375. The predicted molar refractivity (Wildman–Crippen MR) is 69.9 cm³/mol. The van der Waals surface area contributed by atoms with Crippen LogP contribution in [0.15, 0.2) is 30.4 Å². The SMILES string of the molecule is CCCC=CC(C)(C)c1ccc(O)cc1C. The zero-order valence-electron chi connectivity index (χ0n) is 10.7. The number of benzene rings is 1. The fourth-order valence-electron chi connectivity index (χ4n) is 2.01. The smallest absolute Gasteiger partial charge is 0.115 e. The van der Waals surface area contributed by atoms with Crippen molar-refractivity contribution in [1.29, 1.82) is 0 Å². The number of aryl methyl sites for hydroxylation is 1. The van der Waals surface area contributed by atoms with Gasteiger partial charge >= 0.3 is 0 Å². The molecule has 0 aliphatic rings. The lowest BCUT2D eigenvalue weighted by atomic mass is 9.81. The van der Waals surface area contributed by atoms with Crippen LogP contribution >= 0.6 is 0 Å². The number of phenols is 1. The molecule has 1 rings (SSSR count). The molecule has 1 N–H and O–H groups in total. The van der Waals surface area contributed by atoms with Crippen LogP contribution in [0.5, 0.6) is 5.75 Å². The summed E-state index contributed by atoms with van der Waals surface area (Å²) < 4.78 is 0. The third kappa shape index (κ3) is 3.13. The zero-order valence-corrected chi connectivity index (χ0v) is 10.7. The minimum absolute atomic E-state index is 0.0347. The van der Waals surface area contributed by atoms with Crippen LogP contribution in [0.4, 0.5) is 0 Å². The molecule has 88 valence electrons. The quantitative estimate of drug-likeness (QED) is 0.745. The van der Waals surface area contributed by atoms with Crippen molar-refractivity contribution in [3.8, 4) is 5.75 Å². The van der Waals surface area contributed by atoms with E-state index < -0.39 is 0 Å². The monoisotopic (exact) mass is 218 g/mol. The molecule has 0 aromatic heterocycles. The van der Waals surface area contributed by atoms with Gasteiger partial charge in [0.05, 0.1) is 0 Å². The number of rotatable bonds is 4. The van der Waals surface area contributed by atoms with Crippen LogP contribution < -0.4 is 0 Å². The van der Waals surface area contributed by atoms with Crippen LogP contribution in [-0.2, 0) is 5.41 Å². The topological polar surface area (TPSA) is 20.2 Å². The van der Waals surface area contributed by atoms with E-state index >= 15 is 0 Å². The normalized spacial score (nSPS) is 12.2. The maximum absolute atomic E-state index is 9.40. The van der Waals surface area contributed by atoms with Crippen molar-refractivity contribution in [3.63, 3.8) is 0 Å². The highest BCUT2D eigenvalue weighted by atomic mass is 16.3. The van der Waals surface area contributed by atoms with Gasteiger partial charge in [-0.3, -0.25) is 0 Å². The molecule has 0 heterocycles. The molecular weight excluding hydrogens is 196 g/mol. The van der Waals surface area contributed by atoms with Crippen LogP contribution in [0.25, 0.3) is 0 Å². The average Bonchev–Trinajstić information content (AvgIpc) is 2.17. The van der Waals surface area contributed by atoms with Crippen LogP contribution in [0.1, 0.15) is 44.7 Å². The van der Waals surface area contributed by atoms with E-state index in [1.54, 1.807) is 6.07 Å². The molecule has 0 atom stereocenters. The van der Waals surface area contributed by atoms with E-state index in [9.17, 15) is 5.11 Å². The van der Waals surface area contributed by atoms with Crippen LogP contribution in [0, 0.1) is 6.92 Å². The number of allylic oxidation sites excluding steroid dienone is 2. The van der Waals surface area contributed by atoms with Gasteiger partial charge in [-0.2, -0.15) is 0 Å². The Morgan fingerprint density at radius 2 is 2.00 bits per heavy atom. The lowest BCUT2D eigenvalue weighted by Crippen LogP contribution is -2.15. The molecule has 1 nitrogen and oxygen atoms in total. The van der Waals surface area contributed by atoms with Crippen LogP contribution in [-0.4, -0.2) is 5.11 Å². The molecular formula is C15H22O. The summed E-state index contributed by atoms with van der Waals surface area (Å²) >= 11 is 0. The van der Waals surface area contributed by atoms with Gasteiger partial charge in [0.2, 0.25) is 0 Å². The molecule has 0 aliphatic carbocycles. The highest BCUT2D eigenvalue weighted by molar-refractivity contribution is 5.40. The van der Waals surface area contributed by atoms with Crippen molar-refractivity contribution < 1.29 is 5.11 Å². The van der Waals surface area contributed by atoms with E-state index in [1.165, 1.54) is 12.0 Å². The first-order valence-corrected chi connectivity index (χ1v) is 5.95. The minimum Gasteiger partial charge on any atom is -0.508 e. The van der Waals surface area contributed by atoms with E-state index in [2.05, 4.69) is 32.9 Å². The summed E-state index contributed by atoms with van der Waals surface area (Å²) in [4.78, 5) is 0. The number of aromatic hydroxyl groups is 1. The summed E-state index contributed by atoms with van der Waals surface area (Å²) in [6, 6.07) is 5.60. The van der Waals surface area contributed by atoms with Gasteiger partial charge in [0, 0.05) is 5.41 Å². The number of phenolic OH excluding ortho intramolecular Hbond substituents is 1. The second kappa shape index (κ2) is 5.20. The van der Waals surface area contributed by atoms with Gasteiger partial charge in [0.15, 0.2) is 0 Å². The molecule has 0 saturated carbocycles. The number of hydrogen-bond acceptors (Lipinski definition) is 1.